The number of ketones is 2. The van der Waals surface area contributed by atoms with E-state index in [-0.39, 0.29) is 139 Å². The molecule has 0 aromatic carbocycles. The maximum Gasteiger partial charge on any atom is 0.306 e. The minimum Gasteiger partial charge on any atom is -0.465 e. The van der Waals surface area contributed by atoms with E-state index in [2.05, 4.69) is 75.8 Å². The number of carbonyl (C=O) groups is 6. The maximum absolute atomic E-state index is 12.4. The van der Waals surface area contributed by atoms with Crippen LogP contribution in [0.2, 0.25) is 0 Å². The molecule has 0 spiro atoms. The summed E-state index contributed by atoms with van der Waals surface area (Å²) < 4.78 is 39.5. The number of thiol groups is 6. The van der Waals surface area contributed by atoms with E-state index in [0.29, 0.717) is 11.5 Å². The standard InChI is InChI=1S/C30H50O13S6/c31-23(1-7-44)13-37-15-29(19-40-25(33)3-9-46,20-41-26(34)4-10-47)17-39-18-30(21-42-27(35)5-11-48,22-43-28(36)6-12-49)16-38-14-24(32)2-8-45/h44-49H,1-22H2. The molecule has 13 nitrogen and oxygen atoms in total. The molecule has 284 valence electrons. The Balaban J connectivity index is 6.44. The van der Waals surface area contributed by atoms with Crippen LogP contribution in [-0.4, -0.2) is 136 Å². The van der Waals surface area contributed by atoms with Crippen LogP contribution in [0, 0.1) is 10.8 Å². The third-order valence-corrected chi connectivity index (χ3v) is 7.70. The van der Waals surface area contributed by atoms with Crippen LogP contribution in [0.1, 0.15) is 38.5 Å². The monoisotopic (exact) mass is 810 g/mol. The fourth-order valence-corrected chi connectivity index (χ4v) is 4.96. The Labute approximate surface area is 321 Å². The minimum atomic E-state index is -1.32. The molecule has 0 aromatic rings. The summed E-state index contributed by atoms with van der Waals surface area (Å²) in [5.74, 6) is -1.20. The summed E-state index contributed by atoms with van der Waals surface area (Å²) in [4.78, 5) is 73.8. The molecule has 0 saturated carbocycles. The average molecular weight is 811 g/mol. The highest BCUT2D eigenvalue weighted by Gasteiger charge is 2.39. The molecular weight excluding hydrogens is 761 g/mol. The second-order valence-corrected chi connectivity index (χ2v) is 13.7. The second-order valence-electron chi connectivity index (χ2n) is 11.0. The van der Waals surface area contributed by atoms with Crippen LogP contribution < -0.4 is 0 Å². The molecule has 0 rings (SSSR count). The lowest BCUT2D eigenvalue weighted by Gasteiger charge is -2.36. The van der Waals surface area contributed by atoms with Crippen LogP contribution in [-0.2, 0) is 61.9 Å². The van der Waals surface area contributed by atoms with Crippen LogP contribution in [0.15, 0.2) is 0 Å². The van der Waals surface area contributed by atoms with E-state index < -0.39 is 34.7 Å². The van der Waals surface area contributed by atoms with Gasteiger partial charge >= 0.3 is 23.9 Å². The van der Waals surface area contributed by atoms with Gasteiger partial charge in [-0.3, -0.25) is 28.8 Å². The summed E-state index contributed by atoms with van der Waals surface area (Å²) in [7, 11) is 0. The van der Waals surface area contributed by atoms with E-state index in [1.54, 1.807) is 0 Å². The Kier molecular flexibility index (Phi) is 29.3. The van der Waals surface area contributed by atoms with Crippen molar-refractivity contribution < 1.29 is 61.9 Å². The van der Waals surface area contributed by atoms with Crippen LogP contribution in [0.5, 0.6) is 0 Å². The molecule has 0 aromatic heterocycles. The molecule has 0 aliphatic heterocycles. The normalized spacial score (nSPS) is 11.6. The largest absolute Gasteiger partial charge is 0.465 e. The lowest BCUT2D eigenvalue weighted by molar-refractivity contribution is -0.172. The summed E-state index contributed by atoms with van der Waals surface area (Å²) in [5, 5.41) is 0. The smallest absolute Gasteiger partial charge is 0.306 e. The van der Waals surface area contributed by atoms with Gasteiger partial charge in [0.15, 0.2) is 11.6 Å². The molecule has 19 heteroatoms. The zero-order valence-corrected chi connectivity index (χ0v) is 32.9. The molecule has 0 bridgehead atoms. The number of esters is 4. The van der Waals surface area contributed by atoms with Gasteiger partial charge in [0.05, 0.1) is 62.9 Å². The number of carbonyl (C=O) groups excluding carboxylic acids is 6. The van der Waals surface area contributed by atoms with Gasteiger partial charge in [-0.05, 0) is 11.5 Å². The highest BCUT2D eigenvalue weighted by atomic mass is 32.1. The molecular formula is C30H50O13S6. The topological polar surface area (TPSA) is 167 Å². The van der Waals surface area contributed by atoms with Gasteiger partial charge in [-0.1, -0.05) is 0 Å². The quantitative estimate of drug-likeness (QED) is 0.0333. The Morgan fingerprint density at radius 1 is 0.347 bits per heavy atom. The van der Waals surface area contributed by atoms with Crippen LogP contribution in [0.4, 0.5) is 0 Å². The van der Waals surface area contributed by atoms with E-state index in [4.69, 9.17) is 33.2 Å². The first-order chi connectivity index (χ1) is 23.4. The molecule has 0 heterocycles. The van der Waals surface area contributed by atoms with Gasteiger partial charge in [-0.25, -0.2) is 0 Å². The molecule has 0 aliphatic carbocycles. The predicted octanol–water partition coefficient (Wildman–Crippen LogP) is 2.24. The Bertz CT molecular complexity index is 881. The van der Waals surface area contributed by atoms with Crippen molar-refractivity contribution in [3.8, 4) is 0 Å². The van der Waals surface area contributed by atoms with E-state index >= 15 is 0 Å². The van der Waals surface area contributed by atoms with Gasteiger partial charge < -0.3 is 33.2 Å². The minimum absolute atomic E-state index is 0.00245. The van der Waals surface area contributed by atoms with Crippen molar-refractivity contribution in [2.24, 2.45) is 10.8 Å². The summed E-state index contributed by atoms with van der Waals surface area (Å²) in [6.07, 6.45) is 0.338. The van der Waals surface area contributed by atoms with Gasteiger partial charge in [0, 0.05) is 35.9 Å². The van der Waals surface area contributed by atoms with Crippen molar-refractivity contribution in [1.29, 1.82) is 0 Å². The van der Waals surface area contributed by atoms with Gasteiger partial charge in [0.25, 0.3) is 0 Å². The van der Waals surface area contributed by atoms with Gasteiger partial charge in [0.2, 0.25) is 0 Å². The molecule has 0 unspecified atom stereocenters. The van der Waals surface area contributed by atoms with E-state index in [1.165, 1.54) is 0 Å². The molecule has 0 N–H and O–H groups in total. The molecule has 0 amide bonds. The zero-order valence-electron chi connectivity index (χ0n) is 27.5. The van der Waals surface area contributed by atoms with Crippen molar-refractivity contribution in [1.82, 2.24) is 0 Å². The SMILES string of the molecule is O=C(CCS)COCC(COCC(COCC(=O)CCS)(COC(=O)CCS)COC(=O)CCS)(COC(=O)CCS)COC(=O)CCS. The first-order valence-corrected chi connectivity index (χ1v) is 19.3. The van der Waals surface area contributed by atoms with Crippen molar-refractivity contribution in [2.75, 3.05) is 101 Å². The molecule has 0 fully saturated rings. The molecule has 0 radical (unpaired) electrons. The van der Waals surface area contributed by atoms with Crippen LogP contribution >= 0.6 is 75.8 Å². The van der Waals surface area contributed by atoms with Crippen LogP contribution in [0.25, 0.3) is 0 Å². The fourth-order valence-electron chi connectivity index (χ4n) is 3.73. The summed E-state index contributed by atoms with van der Waals surface area (Å²) in [6.45, 7) is -2.89. The highest BCUT2D eigenvalue weighted by molar-refractivity contribution is 7.81. The Morgan fingerprint density at radius 3 is 0.837 bits per heavy atom. The van der Waals surface area contributed by atoms with E-state index in [1.807, 2.05) is 0 Å². The number of rotatable bonds is 32. The van der Waals surface area contributed by atoms with E-state index in [9.17, 15) is 28.8 Å². The van der Waals surface area contributed by atoms with Gasteiger partial charge in [-0.15, -0.1) is 0 Å². The second kappa shape index (κ2) is 29.7. The Morgan fingerprint density at radius 2 is 0.592 bits per heavy atom. The fraction of sp³-hybridized carbons (Fsp3) is 0.800. The summed E-state index contributed by atoms with van der Waals surface area (Å²) in [6, 6.07) is 0. The lowest BCUT2D eigenvalue weighted by Crippen LogP contribution is -2.47. The van der Waals surface area contributed by atoms with Crippen molar-refractivity contribution in [2.45, 2.75) is 38.5 Å². The van der Waals surface area contributed by atoms with Crippen molar-refractivity contribution in [3.05, 3.63) is 0 Å². The number of ether oxygens (including phenoxy) is 7. The van der Waals surface area contributed by atoms with Crippen molar-refractivity contribution >= 4 is 111 Å². The number of hydrogen-bond acceptors (Lipinski definition) is 19. The summed E-state index contributed by atoms with van der Waals surface area (Å²) >= 11 is 24.4. The predicted molar refractivity (Wildman–Crippen MR) is 202 cm³/mol. The number of hydrogen-bond donors (Lipinski definition) is 6. The summed E-state index contributed by atoms with van der Waals surface area (Å²) in [5.41, 5.74) is -2.64. The molecule has 0 atom stereocenters. The molecule has 0 saturated heterocycles. The van der Waals surface area contributed by atoms with E-state index in [0.717, 1.165) is 0 Å². The molecule has 49 heavy (non-hydrogen) atoms. The first kappa shape index (κ1) is 48.2. The third kappa shape index (κ3) is 24.1. The van der Waals surface area contributed by atoms with Crippen LogP contribution in [0.3, 0.4) is 0 Å². The lowest BCUT2D eigenvalue weighted by atomic mass is 9.90. The average Bonchev–Trinajstić information content (AvgIpc) is 3.05. The van der Waals surface area contributed by atoms with Gasteiger partial charge in [0.1, 0.15) is 39.6 Å². The highest BCUT2D eigenvalue weighted by Crippen LogP contribution is 2.26. The first-order valence-electron chi connectivity index (χ1n) is 15.5. The van der Waals surface area contributed by atoms with Crippen molar-refractivity contribution in [3.63, 3.8) is 0 Å². The Hall–Kier alpha value is -0.800. The zero-order chi connectivity index (χ0) is 37.0. The maximum atomic E-state index is 12.4. The molecule has 0 aliphatic rings. The van der Waals surface area contributed by atoms with Gasteiger partial charge in [-0.2, -0.15) is 75.8 Å². The number of Topliss-reactive ketones (excluding diaryl/α,β-unsaturated/α-hetero) is 2. The third-order valence-electron chi connectivity index (χ3n) is 6.36.